The smallest absolute Gasteiger partial charge is 0.165 e. The van der Waals surface area contributed by atoms with E-state index in [1.54, 1.807) is 142 Å². The van der Waals surface area contributed by atoms with Crippen molar-refractivity contribution in [3.05, 3.63) is 283 Å². The number of benzene rings is 10. The summed E-state index contributed by atoms with van der Waals surface area (Å²) in [6, 6.07) is 52.2. The molecule has 0 aliphatic rings. The van der Waals surface area contributed by atoms with E-state index in [0.29, 0.717) is 104 Å². The van der Waals surface area contributed by atoms with Crippen molar-refractivity contribution in [2.45, 2.75) is 101 Å². The Labute approximate surface area is 668 Å². The minimum atomic E-state index is -0.612. The fourth-order valence-electron chi connectivity index (χ4n) is 9.42. The predicted octanol–water partition coefficient (Wildman–Crippen LogP) is 18.0. The SMILES string of the molecule is CCOCc1ccc(O)cc1.COCCc1ccc(O)cc1.COCc1c(O)cccc1F.COCc1cc(C)c(O)c(C)c1.COCc1cc(C)cc(OC)c1O.COCc1ccc(O)c(C)c1.COCc1ccc(O)c(F)c1.COCc1ccc(O)cc1.COCc1ccc(O)cc1Cl.COCc1ccc(O)cc1OC. The van der Waals surface area contributed by atoms with E-state index in [0.717, 1.165) is 80.8 Å². The van der Waals surface area contributed by atoms with E-state index in [4.69, 9.17) is 99.5 Å². The van der Waals surface area contributed by atoms with Crippen LogP contribution in [0.15, 0.2) is 188 Å². The Bertz CT molecular complexity index is 4060. The number of phenolic OH excluding ortho intramolecular Hbond substituents is 10. The van der Waals surface area contributed by atoms with Gasteiger partial charge < -0.3 is 108 Å². The molecule has 618 valence electrons. The van der Waals surface area contributed by atoms with Crippen molar-refractivity contribution in [3.8, 4) is 69.0 Å². The number of phenols is 10. The lowest BCUT2D eigenvalue weighted by Gasteiger charge is -2.09. The highest BCUT2D eigenvalue weighted by Crippen LogP contribution is 2.32. The maximum Gasteiger partial charge on any atom is 0.165 e. The maximum atomic E-state index is 12.8. The molecule has 0 aromatic heterocycles. The molecular weight excluding hydrogens is 1480 g/mol. The van der Waals surface area contributed by atoms with Crippen molar-refractivity contribution in [1.82, 2.24) is 0 Å². The summed E-state index contributed by atoms with van der Waals surface area (Å²) < 4.78 is 84.6. The highest BCUT2D eigenvalue weighted by Gasteiger charge is 2.10. The lowest BCUT2D eigenvalue weighted by Crippen LogP contribution is -1.93. The zero-order valence-corrected chi connectivity index (χ0v) is 68.1. The highest BCUT2D eigenvalue weighted by atomic mass is 35.5. The van der Waals surface area contributed by atoms with Crippen LogP contribution in [0.2, 0.25) is 5.02 Å². The summed E-state index contributed by atoms with van der Waals surface area (Å²) in [6.07, 6.45) is 0.900. The Balaban J connectivity index is 0.000000628. The van der Waals surface area contributed by atoms with Crippen LogP contribution in [0.25, 0.3) is 0 Å². The van der Waals surface area contributed by atoms with Crippen LogP contribution in [-0.2, 0) is 113 Å². The second kappa shape index (κ2) is 59.3. The summed E-state index contributed by atoms with van der Waals surface area (Å²) in [5.74, 6) is 1.86. The van der Waals surface area contributed by atoms with E-state index in [-0.39, 0.29) is 40.9 Å². The topological polar surface area (TPSA) is 313 Å². The molecule has 10 aromatic rings. The Hall–Kier alpha value is -10.5. The molecule has 10 aromatic carbocycles. The Kier molecular flexibility index (Phi) is 52.8. The minimum absolute atomic E-state index is 0.0631. The standard InChI is InChI=1S/C10H14O3.C10H14O2.C9H12O3.3C9H12O2.C8H9ClO2.2C8H9FO2.C8H10O2/c1-7-4-8(6-12-2)10(11)9(5-7)13-3;1-7-4-9(6-12-3)5-8(2)10(7)11;1-11-6-7-3-4-8(10)5-9(7)12-2;1-7-5-8(6-11-2)3-4-9(7)10;1-11-7-6-8-2-4-9(10)5-3-8;1-2-11-7-8-3-5-9(10)6-4-8;1-11-5-6-2-3-7(10)4-8(6)9;1-11-5-6-2-3-8(10)7(9)4-6;1-11-5-6-7(9)3-2-4-8(6)10;1-10-6-7-2-4-8(9)5-3-7/h4-5,11H,6H2,1-3H3;4-5,11H,6H2,1-3H3;3-5,10H,6H2,1-2H3;3-5,10H,6H2,1-2H3;2-5,10H,6-7H2,1H3;3-6,10H,2,7H2,1H3;3*2-4,10H,5H2,1H3;2-5,9H,6H2,1H3. The summed E-state index contributed by atoms with van der Waals surface area (Å²) in [5, 5.41) is 91.6. The molecule has 0 fully saturated rings. The predicted molar refractivity (Wildman–Crippen MR) is 435 cm³/mol. The number of methoxy groups -OCH3 is 11. The third-order valence-electron chi connectivity index (χ3n) is 15.1. The van der Waals surface area contributed by atoms with Gasteiger partial charge in [0.1, 0.15) is 57.6 Å². The van der Waals surface area contributed by atoms with Gasteiger partial charge in [-0.05, 0) is 205 Å². The number of aryl methyl sites for hydroxylation is 4. The molecule has 25 heteroatoms. The lowest BCUT2D eigenvalue weighted by molar-refractivity contribution is 0.134. The molecule has 0 radical (unpaired) electrons. The Morgan fingerprint density at radius 3 is 1.19 bits per heavy atom. The molecular formula is C88H113ClF2O22. The minimum Gasteiger partial charge on any atom is -0.508 e. The van der Waals surface area contributed by atoms with Crippen molar-refractivity contribution < 1.29 is 117 Å². The summed E-state index contributed by atoms with van der Waals surface area (Å²) in [6.45, 7) is 15.2. The van der Waals surface area contributed by atoms with Gasteiger partial charge in [0.05, 0.1) is 85.9 Å². The van der Waals surface area contributed by atoms with Crippen LogP contribution in [0.5, 0.6) is 69.0 Å². The lowest BCUT2D eigenvalue weighted by atomic mass is 10.1. The van der Waals surface area contributed by atoms with E-state index >= 15 is 0 Å². The van der Waals surface area contributed by atoms with Gasteiger partial charge in [-0.1, -0.05) is 90.5 Å². The first-order valence-corrected chi connectivity index (χ1v) is 35.5. The van der Waals surface area contributed by atoms with Gasteiger partial charge >= 0.3 is 0 Å². The summed E-state index contributed by atoms with van der Waals surface area (Å²) in [7, 11) is 17.5. The van der Waals surface area contributed by atoms with Crippen LogP contribution in [0.4, 0.5) is 8.78 Å². The zero-order chi connectivity index (χ0) is 84.6. The number of hydrogen-bond acceptors (Lipinski definition) is 22. The van der Waals surface area contributed by atoms with E-state index in [1.165, 1.54) is 63.3 Å². The molecule has 0 bridgehead atoms. The maximum absolute atomic E-state index is 12.8. The average Bonchev–Trinajstić information content (AvgIpc) is 0.827. The Morgan fingerprint density at radius 2 is 0.726 bits per heavy atom. The monoisotopic (exact) mass is 1590 g/mol. The van der Waals surface area contributed by atoms with E-state index in [1.807, 2.05) is 101 Å². The first-order valence-electron chi connectivity index (χ1n) is 35.1. The first-order chi connectivity index (χ1) is 54.0. The molecule has 0 saturated carbocycles. The van der Waals surface area contributed by atoms with Gasteiger partial charge in [0, 0.05) is 92.8 Å². The normalized spacial score (nSPS) is 9.97. The van der Waals surface area contributed by atoms with Crippen LogP contribution in [0.1, 0.15) is 84.8 Å². The van der Waals surface area contributed by atoms with Gasteiger partial charge in [0.25, 0.3) is 0 Å². The summed E-state index contributed by atoms with van der Waals surface area (Å²) in [5.41, 5.74) is 12.7. The summed E-state index contributed by atoms with van der Waals surface area (Å²) >= 11 is 5.77. The summed E-state index contributed by atoms with van der Waals surface area (Å²) in [4.78, 5) is 0. The third kappa shape index (κ3) is 42.7. The number of aromatic hydroxyl groups is 10. The largest absolute Gasteiger partial charge is 0.508 e. The van der Waals surface area contributed by atoms with Crippen molar-refractivity contribution in [2.24, 2.45) is 0 Å². The molecule has 0 aliphatic heterocycles. The van der Waals surface area contributed by atoms with Crippen LogP contribution in [0, 0.1) is 39.3 Å². The molecule has 0 saturated heterocycles. The Morgan fingerprint density at radius 1 is 0.310 bits per heavy atom. The van der Waals surface area contributed by atoms with Crippen molar-refractivity contribution in [1.29, 1.82) is 0 Å². The molecule has 113 heavy (non-hydrogen) atoms. The fraction of sp³-hybridized carbons (Fsp3) is 0.318. The molecule has 0 aliphatic carbocycles. The second-order valence-electron chi connectivity index (χ2n) is 24.3. The number of hydrogen-bond donors (Lipinski definition) is 10. The van der Waals surface area contributed by atoms with E-state index in [9.17, 15) is 24.1 Å². The molecule has 0 heterocycles. The van der Waals surface area contributed by atoms with Gasteiger partial charge in [-0.2, -0.15) is 0 Å². The van der Waals surface area contributed by atoms with Gasteiger partial charge in [0.15, 0.2) is 23.1 Å². The molecule has 10 N–H and O–H groups in total. The van der Waals surface area contributed by atoms with Crippen molar-refractivity contribution in [2.75, 3.05) is 91.4 Å². The number of halogens is 3. The molecule has 10 rings (SSSR count). The molecule has 22 nitrogen and oxygen atoms in total. The van der Waals surface area contributed by atoms with Gasteiger partial charge in [-0.3, -0.25) is 0 Å². The number of rotatable bonds is 24. The fourth-order valence-corrected chi connectivity index (χ4v) is 9.65. The first kappa shape index (κ1) is 101. The second-order valence-corrected chi connectivity index (χ2v) is 24.7. The number of ether oxygens (including phenoxy) is 12. The molecule has 0 atom stereocenters. The van der Waals surface area contributed by atoms with Gasteiger partial charge in [0.2, 0.25) is 0 Å². The molecule has 0 unspecified atom stereocenters. The molecule has 0 spiro atoms. The van der Waals surface area contributed by atoms with Gasteiger partial charge in [-0.25, -0.2) is 8.78 Å². The zero-order valence-electron chi connectivity index (χ0n) is 67.4. The van der Waals surface area contributed by atoms with Gasteiger partial charge in [-0.15, -0.1) is 0 Å². The van der Waals surface area contributed by atoms with E-state index < -0.39 is 11.6 Å². The highest BCUT2D eigenvalue weighted by molar-refractivity contribution is 6.31. The van der Waals surface area contributed by atoms with Crippen LogP contribution < -0.4 is 9.47 Å². The molecule has 0 amide bonds. The van der Waals surface area contributed by atoms with E-state index in [2.05, 4.69) is 4.74 Å². The van der Waals surface area contributed by atoms with Crippen molar-refractivity contribution >= 4 is 11.6 Å². The average molecular weight is 1600 g/mol. The van der Waals surface area contributed by atoms with Crippen LogP contribution in [-0.4, -0.2) is 142 Å². The van der Waals surface area contributed by atoms with Crippen LogP contribution in [0.3, 0.4) is 0 Å². The quantitative estimate of drug-likeness (QED) is 0.0269. The van der Waals surface area contributed by atoms with Crippen molar-refractivity contribution in [3.63, 3.8) is 0 Å². The third-order valence-corrected chi connectivity index (χ3v) is 15.4. The van der Waals surface area contributed by atoms with Crippen LogP contribution >= 0.6 is 11.6 Å².